The Bertz CT molecular complexity index is 1250. The van der Waals surface area contributed by atoms with Crippen molar-refractivity contribution in [3.8, 4) is 0 Å². The van der Waals surface area contributed by atoms with Crippen molar-refractivity contribution >= 4 is 34.4 Å². The molecule has 1 aliphatic rings. The van der Waals surface area contributed by atoms with Gasteiger partial charge in [-0.1, -0.05) is 66.7 Å². The van der Waals surface area contributed by atoms with Gasteiger partial charge in [0.1, 0.15) is 0 Å². The fraction of sp³-hybridized carbons (Fsp3) is 0.130. The van der Waals surface area contributed by atoms with E-state index in [-0.39, 0.29) is 12.0 Å². The summed E-state index contributed by atoms with van der Waals surface area (Å²) >= 11 is 0. The highest BCUT2D eigenvalue weighted by atomic mass is 16.5. The van der Waals surface area contributed by atoms with Gasteiger partial charge in [-0.25, -0.2) is 0 Å². The van der Waals surface area contributed by atoms with Gasteiger partial charge in [0.05, 0.1) is 0 Å². The van der Waals surface area contributed by atoms with E-state index in [0.717, 1.165) is 22.4 Å². The van der Waals surface area contributed by atoms with Crippen LogP contribution in [0.4, 0.5) is 0 Å². The van der Waals surface area contributed by atoms with Crippen molar-refractivity contribution in [1.82, 2.24) is 0 Å². The van der Waals surface area contributed by atoms with Gasteiger partial charge in [-0.3, -0.25) is 9.59 Å². The lowest BCUT2D eigenvalue weighted by atomic mass is 9.70. The minimum absolute atomic E-state index is 0.0263. The zero-order valence-electron chi connectivity index (χ0n) is 15.2. The number of hydrogen-bond acceptors (Lipinski definition) is 4. The monoisotopic (exact) mass is 390 g/mol. The van der Waals surface area contributed by atoms with E-state index >= 15 is 0 Å². The molecule has 4 rings (SSSR count). The first-order chi connectivity index (χ1) is 13.8. The van der Waals surface area contributed by atoms with Crippen molar-refractivity contribution in [2.75, 3.05) is 0 Å². The van der Waals surface area contributed by atoms with Crippen LogP contribution < -0.4 is 10.4 Å². The quantitative estimate of drug-likeness (QED) is 0.388. The van der Waals surface area contributed by atoms with Crippen LogP contribution in [0.1, 0.15) is 5.56 Å². The number of carboxylic acid groups (broad SMARTS) is 2. The maximum Gasteiger partial charge on any atom is 0.331 e. The van der Waals surface area contributed by atoms with Crippen LogP contribution in [0.15, 0.2) is 66.7 Å². The van der Waals surface area contributed by atoms with Gasteiger partial charge in [-0.2, -0.15) is 0 Å². The molecule has 0 saturated carbocycles. The van der Waals surface area contributed by atoms with Crippen LogP contribution in [0.5, 0.6) is 0 Å². The third-order valence-electron chi connectivity index (χ3n) is 5.55. The van der Waals surface area contributed by atoms with Gasteiger partial charge >= 0.3 is 11.9 Å². The van der Waals surface area contributed by atoms with Crippen LogP contribution in [0.25, 0.3) is 22.4 Å². The van der Waals surface area contributed by atoms with Crippen LogP contribution in [0.3, 0.4) is 0 Å². The third-order valence-corrected chi connectivity index (χ3v) is 5.55. The number of hydrogen-bond donors (Lipinski definition) is 4. The molecule has 0 amide bonds. The summed E-state index contributed by atoms with van der Waals surface area (Å²) in [5, 5.41) is 44.0. The molecule has 0 heterocycles. The van der Waals surface area contributed by atoms with Crippen molar-refractivity contribution in [1.29, 1.82) is 0 Å². The van der Waals surface area contributed by atoms with Crippen LogP contribution >= 0.6 is 0 Å². The second kappa shape index (κ2) is 6.55. The minimum Gasteiger partial charge on any atom is -0.480 e. The van der Waals surface area contributed by atoms with Gasteiger partial charge in [-0.05, 0) is 32.8 Å². The fourth-order valence-corrected chi connectivity index (χ4v) is 4.03. The SMILES string of the molecule is O=C(O)C1(C(=O)O)C=c2ccccc2=C(Cc2cccc3ccccc23)C1(O)O. The summed E-state index contributed by atoms with van der Waals surface area (Å²) in [4.78, 5) is 24.0. The molecule has 3 aromatic carbocycles. The van der Waals surface area contributed by atoms with E-state index in [2.05, 4.69) is 0 Å². The first kappa shape index (κ1) is 18.9. The molecular formula is C23H18O6. The van der Waals surface area contributed by atoms with E-state index in [1.165, 1.54) is 0 Å². The van der Waals surface area contributed by atoms with E-state index in [0.29, 0.717) is 10.4 Å². The second-order valence-corrected chi connectivity index (χ2v) is 7.12. The highest BCUT2D eigenvalue weighted by molar-refractivity contribution is 6.08. The molecule has 0 atom stereocenters. The van der Waals surface area contributed by atoms with E-state index in [4.69, 9.17) is 0 Å². The first-order valence-electron chi connectivity index (χ1n) is 8.99. The lowest BCUT2D eigenvalue weighted by molar-refractivity contribution is -0.207. The van der Waals surface area contributed by atoms with Gasteiger partial charge in [0.25, 0.3) is 0 Å². The molecule has 0 bridgehead atoms. The Morgan fingerprint density at radius 3 is 2.14 bits per heavy atom. The van der Waals surface area contributed by atoms with E-state index in [1.54, 1.807) is 30.3 Å². The molecule has 0 fully saturated rings. The highest BCUT2D eigenvalue weighted by Crippen LogP contribution is 2.41. The summed E-state index contributed by atoms with van der Waals surface area (Å²) in [5.74, 6) is -6.82. The Balaban J connectivity index is 2.04. The molecule has 0 aromatic heterocycles. The normalized spacial score (nSPS) is 16.7. The number of benzene rings is 3. The van der Waals surface area contributed by atoms with Crippen molar-refractivity contribution in [3.05, 3.63) is 82.7 Å². The van der Waals surface area contributed by atoms with Crippen LogP contribution in [0, 0.1) is 5.41 Å². The Hall–Kier alpha value is -3.48. The van der Waals surface area contributed by atoms with Gasteiger partial charge in [0.2, 0.25) is 11.2 Å². The van der Waals surface area contributed by atoms with Crippen molar-refractivity contribution < 1.29 is 30.0 Å². The summed E-state index contributed by atoms with van der Waals surface area (Å²) < 4.78 is 0. The average Bonchev–Trinajstić information content (AvgIpc) is 2.69. The molecule has 0 saturated heterocycles. The number of fused-ring (bicyclic) bond motifs is 2. The molecular weight excluding hydrogens is 372 g/mol. The van der Waals surface area contributed by atoms with Crippen molar-refractivity contribution in [2.45, 2.75) is 12.2 Å². The molecule has 0 aliphatic heterocycles. The highest BCUT2D eigenvalue weighted by Gasteiger charge is 2.63. The molecule has 0 radical (unpaired) electrons. The summed E-state index contributed by atoms with van der Waals surface area (Å²) in [7, 11) is 0. The van der Waals surface area contributed by atoms with Gasteiger partial charge in [-0.15, -0.1) is 0 Å². The molecule has 6 nitrogen and oxygen atoms in total. The molecule has 4 N–H and O–H groups in total. The predicted octanol–water partition coefficient (Wildman–Crippen LogP) is 0.864. The van der Waals surface area contributed by atoms with Crippen molar-refractivity contribution in [2.24, 2.45) is 5.41 Å². The van der Waals surface area contributed by atoms with Gasteiger partial charge in [0.15, 0.2) is 0 Å². The lowest BCUT2D eigenvalue weighted by Crippen LogP contribution is -2.63. The number of carbonyl (C=O) groups is 2. The van der Waals surface area contributed by atoms with Crippen LogP contribution in [0.2, 0.25) is 0 Å². The van der Waals surface area contributed by atoms with Crippen LogP contribution in [-0.2, 0) is 16.0 Å². The van der Waals surface area contributed by atoms with Gasteiger partial charge in [0, 0.05) is 12.0 Å². The summed E-state index contributed by atoms with van der Waals surface area (Å²) in [5.41, 5.74) is -2.27. The van der Waals surface area contributed by atoms with E-state index in [9.17, 15) is 30.0 Å². The predicted molar refractivity (Wildman–Crippen MR) is 106 cm³/mol. The standard InChI is InChI=1S/C23H18O6/c24-20(25)22(21(26)27)13-16-7-2-4-11-18(16)19(23(22,28)29)12-15-9-5-8-14-6-1-3-10-17(14)15/h1-11,13,28-29H,12H2,(H,24,25)(H,26,27). The Labute approximate surface area is 165 Å². The summed E-state index contributed by atoms with van der Waals surface area (Å²) in [6, 6.07) is 19.6. The summed E-state index contributed by atoms with van der Waals surface area (Å²) in [6.07, 6.45) is 0.876. The lowest BCUT2D eigenvalue weighted by Gasteiger charge is -2.39. The topological polar surface area (TPSA) is 115 Å². The number of rotatable bonds is 4. The Morgan fingerprint density at radius 1 is 0.793 bits per heavy atom. The molecule has 6 heteroatoms. The summed E-state index contributed by atoms with van der Waals surface area (Å²) in [6.45, 7) is 0. The zero-order chi connectivity index (χ0) is 20.8. The number of aliphatic hydroxyl groups is 2. The maximum atomic E-state index is 12.0. The van der Waals surface area contributed by atoms with Gasteiger partial charge < -0.3 is 20.4 Å². The molecule has 3 aromatic rings. The second-order valence-electron chi connectivity index (χ2n) is 7.12. The fourth-order valence-electron chi connectivity index (χ4n) is 4.03. The Kier molecular flexibility index (Phi) is 4.26. The van der Waals surface area contributed by atoms with Crippen LogP contribution in [-0.4, -0.2) is 38.2 Å². The smallest absolute Gasteiger partial charge is 0.331 e. The third kappa shape index (κ3) is 2.65. The minimum atomic E-state index is -3.13. The average molecular weight is 390 g/mol. The molecule has 29 heavy (non-hydrogen) atoms. The molecule has 146 valence electrons. The largest absolute Gasteiger partial charge is 0.480 e. The Morgan fingerprint density at radius 2 is 1.41 bits per heavy atom. The maximum absolute atomic E-state index is 12.0. The van der Waals surface area contributed by atoms with Crippen molar-refractivity contribution in [3.63, 3.8) is 0 Å². The number of aliphatic carboxylic acids is 2. The first-order valence-corrected chi connectivity index (χ1v) is 8.99. The molecule has 1 aliphatic carbocycles. The molecule has 0 unspecified atom stereocenters. The zero-order valence-corrected chi connectivity index (χ0v) is 15.2. The molecule has 0 spiro atoms. The van der Waals surface area contributed by atoms with E-state index in [1.807, 2.05) is 36.4 Å². The van der Waals surface area contributed by atoms with E-state index < -0.39 is 23.1 Å². The number of carboxylic acids is 2.